The molecule has 0 aromatic carbocycles. The molecule has 2 aliphatic rings. The molecule has 6 rings (SSSR count). The van der Waals surface area contributed by atoms with E-state index in [1.165, 1.54) is 6.33 Å². The number of likely N-dealkylation sites (tertiary alicyclic amines) is 1. The van der Waals surface area contributed by atoms with E-state index in [-0.39, 0.29) is 23.7 Å². The van der Waals surface area contributed by atoms with Gasteiger partial charge in [-0.05, 0) is 31.7 Å². The van der Waals surface area contributed by atoms with Crippen molar-refractivity contribution in [2.75, 3.05) is 13.1 Å². The van der Waals surface area contributed by atoms with Crippen molar-refractivity contribution in [2.45, 2.75) is 68.3 Å². The number of halogens is 9. The van der Waals surface area contributed by atoms with Crippen molar-refractivity contribution < 1.29 is 64.1 Å². The number of aromatic amines is 1. The third kappa shape index (κ3) is 9.88. The molecule has 0 spiro atoms. The molecule has 1 aliphatic carbocycles. The molecule has 0 bridgehead atoms. The number of hydrogen-bond acceptors (Lipinski definition) is 11. The summed E-state index contributed by atoms with van der Waals surface area (Å²) in [6.45, 7) is 1.32. The van der Waals surface area contributed by atoms with Gasteiger partial charge in [0.25, 0.3) is 0 Å². The van der Waals surface area contributed by atoms with Gasteiger partial charge in [0.2, 0.25) is 11.7 Å². The first-order valence-corrected chi connectivity index (χ1v) is 15.2. The van der Waals surface area contributed by atoms with E-state index in [4.69, 9.17) is 29.8 Å². The third-order valence-corrected chi connectivity index (χ3v) is 8.10. The highest BCUT2D eigenvalue weighted by Gasteiger charge is 2.48. The highest BCUT2D eigenvalue weighted by Crippen LogP contribution is 2.39. The minimum atomic E-state index is -5.08. The number of alkyl halides is 9. The summed E-state index contributed by atoms with van der Waals surface area (Å²) in [7, 11) is 0. The lowest BCUT2D eigenvalue weighted by Gasteiger charge is -2.53. The Kier molecular flexibility index (Phi) is 12.0. The van der Waals surface area contributed by atoms with Crippen LogP contribution in [-0.2, 0) is 21.3 Å². The van der Waals surface area contributed by atoms with Gasteiger partial charge in [0, 0.05) is 48.5 Å². The Hall–Kier alpha value is -6.04. The first-order chi connectivity index (χ1) is 25.2. The number of nitriles is 2. The molecule has 4 aromatic heterocycles. The van der Waals surface area contributed by atoms with E-state index in [0.717, 1.165) is 41.2 Å². The molecule has 0 radical (unpaired) electrons. The van der Waals surface area contributed by atoms with Crippen molar-refractivity contribution in [3.05, 3.63) is 48.6 Å². The average Bonchev–Trinajstić information content (AvgIpc) is 3.77. The number of aliphatic carboxylic acids is 2. The summed E-state index contributed by atoms with van der Waals surface area (Å²) in [5, 5.41) is 38.4. The van der Waals surface area contributed by atoms with Crippen LogP contribution in [0.25, 0.3) is 22.3 Å². The predicted molar refractivity (Wildman–Crippen MR) is 161 cm³/mol. The molecule has 1 aliphatic heterocycles. The maximum absolute atomic E-state index is 13.1. The second-order valence-corrected chi connectivity index (χ2v) is 11.8. The average molecular weight is 777 g/mol. The van der Waals surface area contributed by atoms with Crippen LogP contribution in [0.2, 0.25) is 0 Å². The van der Waals surface area contributed by atoms with Crippen LogP contribution in [0.15, 0.2) is 37.1 Å². The van der Waals surface area contributed by atoms with Crippen molar-refractivity contribution in [3.8, 4) is 29.3 Å². The molecule has 15 nitrogen and oxygen atoms in total. The Bertz CT molecular complexity index is 2010. The van der Waals surface area contributed by atoms with Crippen molar-refractivity contribution in [1.82, 2.24) is 39.6 Å². The minimum Gasteiger partial charge on any atom is -0.475 e. The topological polar surface area (TPSA) is 220 Å². The fraction of sp³-hybridized carbons (Fsp3) is 0.433. The van der Waals surface area contributed by atoms with Crippen LogP contribution in [0.1, 0.15) is 43.6 Å². The Labute approximate surface area is 296 Å². The van der Waals surface area contributed by atoms with Crippen LogP contribution < -0.4 is 4.74 Å². The summed E-state index contributed by atoms with van der Waals surface area (Å²) >= 11 is 0. The normalized spacial score (nSPS) is 18.4. The smallest absolute Gasteiger partial charge is 0.475 e. The summed E-state index contributed by atoms with van der Waals surface area (Å²) in [5.41, 5.74) is 1.52. The van der Waals surface area contributed by atoms with Gasteiger partial charge in [-0.25, -0.2) is 24.5 Å². The zero-order chi connectivity index (χ0) is 40.1. The van der Waals surface area contributed by atoms with Crippen LogP contribution in [0.5, 0.6) is 5.88 Å². The molecule has 1 saturated carbocycles. The van der Waals surface area contributed by atoms with Gasteiger partial charge in [-0.1, -0.05) is 0 Å². The van der Waals surface area contributed by atoms with Gasteiger partial charge in [-0.15, -0.1) is 0 Å². The summed E-state index contributed by atoms with van der Waals surface area (Å²) in [5.74, 6) is -7.14. The number of hydrogen-bond donors (Lipinski definition) is 3. The predicted octanol–water partition coefficient (Wildman–Crippen LogP) is 5.08. The number of carboxylic acids is 2. The maximum Gasteiger partial charge on any atom is 0.490 e. The summed E-state index contributed by atoms with van der Waals surface area (Å²) in [6.07, 6.45) is -5.10. The maximum atomic E-state index is 13.1. The number of rotatable bonds is 6. The molecule has 0 unspecified atom stereocenters. The van der Waals surface area contributed by atoms with Crippen LogP contribution in [0.4, 0.5) is 39.5 Å². The van der Waals surface area contributed by atoms with E-state index in [0.29, 0.717) is 32.4 Å². The summed E-state index contributed by atoms with van der Waals surface area (Å²) in [4.78, 5) is 38.6. The van der Waals surface area contributed by atoms with Gasteiger partial charge in [-0.2, -0.15) is 60.1 Å². The van der Waals surface area contributed by atoms with Crippen molar-refractivity contribution in [3.63, 3.8) is 0 Å². The highest BCUT2D eigenvalue weighted by atomic mass is 19.4. The number of fused-ring (bicyclic) bond motifs is 1. The number of aromatic nitrogens is 7. The molecular formula is C30H25F9N10O5. The quantitative estimate of drug-likeness (QED) is 0.218. The zero-order valence-corrected chi connectivity index (χ0v) is 27.1. The lowest BCUT2D eigenvalue weighted by molar-refractivity contribution is -0.193. The van der Waals surface area contributed by atoms with E-state index in [2.05, 4.69) is 41.0 Å². The Morgan fingerprint density at radius 3 is 2.11 bits per heavy atom. The van der Waals surface area contributed by atoms with Crippen molar-refractivity contribution in [1.29, 1.82) is 10.5 Å². The van der Waals surface area contributed by atoms with E-state index >= 15 is 0 Å². The van der Waals surface area contributed by atoms with Gasteiger partial charge >= 0.3 is 30.5 Å². The summed E-state index contributed by atoms with van der Waals surface area (Å²) in [6, 6.07) is 7.25. The molecule has 288 valence electrons. The monoisotopic (exact) mass is 776 g/mol. The van der Waals surface area contributed by atoms with Crippen LogP contribution >= 0.6 is 0 Å². The molecule has 3 N–H and O–H groups in total. The van der Waals surface area contributed by atoms with Crippen LogP contribution in [-0.4, -0.2) is 99.3 Å². The minimum absolute atomic E-state index is 0.241. The lowest BCUT2D eigenvalue weighted by atomic mass is 9.82. The number of carbonyl (C=O) groups is 2. The fourth-order valence-corrected chi connectivity index (χ4v) is 5.63. The second-order valence-electron chi connectivity index (χ2n) is 11.8. The van der Waals surface area contributed by atoms with Gasteiger partial charge in [0.1, 0.15) is 35.4 Å². The molecule has 24 heteroatoms. The molecule has 0 amide bonds. The number of nitrogens with one attached hydrogen (secondary N) is 1. The van der Waals surface area contributed by atoms with Gasteiger partial charge < -0.3 is 19.9 Å². The molecule has 5 heterocycles. The van der Waals surface area contributed by atoms with Crippen LogP contribution in [0, 0.1) is 22.7 Å². The highest BCUT2D eigenvalue weighted by molar-refractivity contribution is 5.90. The molecule has 54 heavy (non-hydrogen) atoms. The first kappa shape index (κ1) is 40.7. The second kappa shape index (κ2) is 15.9. The number of carboxylic acid groups (broad SMARTS) is 2. The Morgan fingerprint density at radius 2 is 1.57 bits per heavy atom. The molecule has 2 fully saturated rings. The van der Waals surface area contributed by atoms with Crippen molar-refractivity contribution >= 4 is 23.0 Å². The summed E-state index contributed by atoms with van der Waals surface area (Å²) < 4.78 is 110. The third-order valence-electron chi connectivity index (χ3n) is 8.10. The zero-order valence-electron chi connectivity index (χ0n) is 27.1. The first-order valence-electron chi connectivity index (χ1n) is 15.2. The van der Waals surface area contributed by atoms with E-state index in [1.54, 1.807) is 12.3 Å². The number of ether oxygens (including phenoxy) is 1. The molecule has 4 aromatic rings. The molecular weight excluding hydrogens is 751 g/mol. The number of nitrogens with zero attached hydrogens (tertiary/aromatic N) is 9. The van der Waals surface area contributed by atoms with Crippen LogP contribution in [0.3, 0.4) is 0 Å². The van der Waals surface area contributed by atoms with E-state index in [1.807, 2.05) is 23.1 Å². The standard InChI is InChI=1S/C26H23F3N10O.2C2HF3O2/c27-26(28,29)24-36-17(10-31)9-21(37-24)40-19-3-1-18(2-4-19)38-13-25(14-38,6-7-30)39-12-16(11-35-39)22-20-5-8-32-23(20)34-15-33-22;2*3-2(4,5)1(6)7/h5,8-9,11-12,15,18-19H,1-4,6,13-14H2,(H,32,33,34);2*(H,6,7)/t18-,19+;;. The number of H-pyrrole nitrogens is 1. The van der Waals surface area contributed by atoms with Gasteiger partial charge in [0.05, 0.1) is 24.4 Å². The van der Waals surface area contributed by atoms with E-state index < -0.39 is 41.8 Å². The van der Waals surface area contributed by atoms with Crippen molar-refractivity contribution in [2.24, 2.45) is 0 Å². The Balaban J connectivity index is 0.000000396. The Morgan fingerprint density at radius 1 is 0.963 bits per heavy atom. The molecule has 1 saturated heterocycles. The SMILES string of the molecule is N#CCC1(n2cc(-c3ncnc4[nH]ccc34)cn2)CN([C@H]2CC[C@@H](Oc3cc(C#N)nc(C(F)(F)F)n3)CC2)C1.O=C(O)C(F)(F)F.O=C(O)C(F)(F)F. The molecule has 0 atom stereocenters. The van der Waals surface area contributed by atoms with Gasteiger partial charge in [-0.3, -0.25) is 9.58 Å². The van der Waals surface area contributed by atoms with E-state index in [9.17, 15) is 44.8 Å². The fourth-order valence-electron chi connectivity index (χ4n) is 5.63. The van der Waals surface area contributed by atoms with Gasteiger partial charge in [0.15, 0.2) is 0 Å². The lowest BCUT2D eigenvalue weighted by Crippen LogP contribution is -2.65. The largest absolute Gasteiger partial charge is 0.490 e.